The van der Waals surface area contributed by atoms with Crippen LogP contribution in [0, 0.1) is 0 Å². The molecule has 0 aliphatic rings. The van der Waals surface area contributed by atoms with Gasteiger partial charge >= 0.3 is 5.51 Å². The Labute approximate surface area is 96.1 Å². The van der Waals surface area contributed by atoms with Crippen LogP contribution < -0.4 is 5.73 Å². The quantitative estimate of drug-likeness (QED) is 0.853. The Bertz CT molecular complexity index is 394. The summed E-state index contributed by atoms with van der Waals surface area (Å²) in [6.07, 6.45) is 0. The molecule has 7 heteroatoms. The molecule has 0 fully saturated rings. The molecule has 2 N–H and O–H groups in total. The molecule has 0 saturated carbocycles. The van der Waals surface area contributed by atoms with E-state index in [1.807, 2.05) is 0 Å². The molecular weight excluding hydrogens is 295 g/mol. The van der Waals surface area contributed by atoms with Crippen LogP contribution in [-0.2, 0) is 0 Å². The highest BCUT2D eigenvalue weighted by Crippen LogP contribution is 2.39. The highest BCUT2D eigenvalue weighted by molar-refractivity contribution is 9.10. The lowest BCUT2D eigenvalue weighted by molar-refractivity contribution is -0.0328. The molecule has 0 aliphatic heterocycles. The number of alkyl halides is 3. The van der Waals surface area contributed by atoms with Crippen LogP contribution in [0.3, 0.4) is 0 Å². The van der Waals surface area contributed by atoms with Crippen molar-refractivity contribution in [1.82, 2.24) is 0 Å². The summed E-state index contributed by atoms with van der Waals surface area (Å²) in [7, 11) is 0. The van der Waals surface area contributed by atoms with E-state index in [4.69, 9.17) is 5.73 Å². The van der Waals surface area contributed by atoms with Crippen LogP contribution in [0.4, 0.5) is 13.2 Å². The predicted octanol–water partition coefficient (Wildman–Crippen LogP) is 3.16. The molecule has 0 atom stereocenters. The van der Waals surface area contributed by atoms with E-state index in [1.165, 1.54) is 18.2 Å². The van der Waals surface area contributed by atoms with E-state index in [0.717, 1.165) is 0 Å². The Morgan fingerprint density at radius 1 is 1.40 bits per heavy atom. The minimum Gasteiger partial charge on any atom is -0.366 e. The summed E-state index contributed by atoms with van der Waals surface area (Å²) in [6.45, 7) is 0. The van der Waals surface area contributed by atoms with E-state index in [2.05, 4.69) is 15.9 Å². The molecule has 0 heterocycles. The Hall–Kier alpha value is -0.690. The largest absolute Gasteiger partial charge is 0.446 e. The lowest BCUT2D eigenvalue weighted by Crippen LogP contribution is -2.13. The molecule has 1 aromatic carbocycles. The molecule has 15 heavy (non-hydrogen) atoms. The summed E-state index contributed by atoms with van der Waals surface area (Å²) in [5.74, 6) is -0.880. The van der Waals surface area contributed by atoms with E-state index in [-0.39, 0.29) is 22.2 Å². The first-order valence-corrected chi connectivity index (χ1v) is 5.25. The first-order chi connectivity index (χ1) is 6.79. The van der Waals surface area contributed by atoms with Crippen molar-refractivity contribution in [3.63, 3.8) is 0 Å². The van der Waals surface area contributed by atoms with Gasteiger partial charge in [-0.25, -0.2) is 0 Å². The van der Waals surface area contributed by atoms with Crippen LogP contribution in [0.1, 0.15) is 10.4 Å². The molecule has 0 bridgehead atoms. The molecule has 1 aromatic rings. The third kappa shape index (κ3) is 3.75. The number of rotatable bonds is 2. The fourth-order valence-electron chi connectivity index (χ4n) is 0.909. The highest BCUT2D eigenvalue weighted by Gasteiger charge is 2.31. The topological polar surface area (TPSA) is 43.1 Å². The lowest BCUT2D eigenvalue weighted by atomic mass is 10.2. The third-order valence-corrected chi connectivity index (χ3v) is 2.72. The zero-order valence-corrected chi connectivity index (χ0v) is 9.54. The molecule has 0 aromatic heterocycles. The van der Waals surface area contributed by atoms with Gasteiger partial charge in [-0.2, -0.15) is 13.2 Å². The number of hydrogen-bond donors (Lipinski definition) is 1. The van der Waals surface area contributed by atoms with Gasteiger partial charge in [0.2, 0.25) is 5.91 Å². The predicted molar refractivity (Wildman–Crippen MR) is 54.6 cm³/mol. The van der Waals surface area contributed by atoms with Gasteiger partial charge in [0.25, 0.3) is 0 Å². The summed E-state index contributed by atoms with van der Waals surface area (Å²) in [5, 5.41) is 0. The molecule has 1 amide bonds. The number of amides is 1. The molecule has 0 spiro atoms. The van der Waals surface area contributed by atoms with Crippen LogP contribution in [-0.4, -0.2) is 11.4 Å². The number of nitrogens with two attached hydrogens (primary N) is 1. The van der Waals surface area contributed by atoms with E-state index in [0.29, 0.717) is 4.47 Å². The van der Waals surface area contributed by atoms with Crippen molar-refractivity contribution >= 4 is 33.6 Å². The standard InChI is InChI=1S/C8H5BrF3NOS/c9-4-1-2-5(7(13)14)6(3-4)15-8(10,11)12/h1-3H,(H2,13,14). The van der Waals surface area contributed by atoms with Crippen molar-refractivity contribution in [1.29, 1.82) is 0 Å². The maximum atomic E-state index is 12.1. The van der Waals surface area contributed by atoms with Gasteiger partial charge in [0.1, 0.15) is 0 Å². The molecule has 1 rings (SSSR count). The smallest absolute Gasteiger partial charge is 0.366 e. The number of carbonyl (C=O) groups excluding carboxylic acids is 1. The van der Waals surface area contributed by atoms with Gasteiger partial charge < -0.3 is 5.73 Å². The van der Waals surface area contributed by atoms with Gasteiger partial charge in [0.15, 0.2) is 0 Å². The molecular formula is C8H5BrF3NOS. The number of benzene rings is 1. The van der Waals surface area contributed by atoms with E-state index in [1.54, 1.807) is 0 Å². The summed E-state index contributed by atoms with van der Waals surface area (Å²) in [4.78, 5) is 10.6. The maximum Gasteiger partial charge on any atom is 0.446 e. The second-order valence-corrected chi connectivity index (χ2v) is 4.58. The van der Waals surface area contributed by atoms with Crippen LogP contribution in [0.5, 0.6) is 0 Å². The van der Waals surface area contributed by atoms with Gasteiger partial charge in [0, 0.05) is 9.37 Å². The third-order valence-electron chi connectivity index (χ3n) is 1.43. The Kier molecular flexibility index (Phi) is 3.67. The summed E-state index contributed by atoms with van der Waals surface area (Å²) >= 11 is 2.66. The Morgan fingerprint density at radius 2 is 2.00 bits per heavy atom. The molecule has 0 saturated heterocycles. The SMILES string of the molecule is NC(=O)c1ccc(Br)cc1SC(F)(F)F. The Balaban J connectivity index is 3.13. The van der Waals surface area contributed by atoms with E-state index >= 15 is 0 Å². The zero-order valence-electron chi connectivity index (χ0n) is 7.14. The summed E-state index contributed by atoms with van der Waals surface area (Å²) in [5.41, 5.74) is 0.371. The molecule has 82 valence electrons. The number of carbonyl (C=O) groups is 1. The van der Waals surface area contributed by atoms with Crippen molar-refractivity contribution in [2.45, 2.75) is 10.4 Å². The maximum absolute atomic E-state index is 12.1. The van der Waals surface area contributed by atoms with Crippen LogP contribution in [0.2, 0.25) is 0 Å². The molecule has 0 unspecified atom stereocenters. The van der Waals surface area contributed by atoms with Gasteiger partial charge in [-0.05, 0) is 30.0 Å². The second-order valence-electron chi connectivity index (χ2n) is 2.55. The van der Waals surface area contributed by atoms with Crippen LogP contribution >= 0.6 is 27.7 Å². The molecule has 0 aliphatic carbocycles. The fraction of sp³-hybridized carbons (Fsp3) is 0.125. The average Bonchev–Trinajstić information content (AvgIpc) is 1.99. The first kappa shape index (κ1) is 12.4. The first-order valence-electron chi connectivity index (χ1n) is 3.65. The van der Waals surface area contributed by atoms with E-state index in [9.17, 15) is 18.0 Å². The van der Waals surface area contributed by atoms with Crippen LogP contribution in [0.15, 0.2) is 27.6 Å². The monoisotopic (exact) mass is 299 g/mol. The van der Waals surface area contributed by atoms with Crippen LogP contribution in [0.25, 0.3) is 0 Å². The summed E-state index contributed by atoms with van der Waals surface area (Å²) < 4.78 is 36.8. The van der Waals surface area contributed by atoms with Crippen molar-refractivity contribution in [3.8, 4) is 0 Å². The van der Waals surface area contributed by atoms with Crippen molar-refractivity contribution in [2.75, 3.05) is 0 Å². The number of primary amides is 1. The van der Waals surface area contributed by atoms with Gasteiger partial charge in [-0.15, -0.1) is 0 Å². The summed E-state index contributed by atoms with van der Waals surface area (Å²) in [6, 6.07) is 3.92. The lowest BCUT2D eigenvalue weighted by Gasteiger charge is -2.09. The van der Waals surface area contributed by atoms with Crippen molar-refractivity contribution in [2.24, 2.45) is 5.73 Å². The highest BCUT2D eigenvalue weighted by atomic mass is 79.9. The minimum absolute atomic E-state index is 0.138. The van der Waals surface area contributed by atoms with Crippen molar-refractivity contribution < 1.29 is 18.0 Å². The fourth-order valence-corrected chi connectivity index (χ4v) is 2.14. The zero-order chi connectivity index (χ0) is 11.6. The number of thioether (sulfide) groups is 1. The van der Waals surface area contributed by atoms with Gasteiger partial charge in [-0.1, -0.05) is 15.9 Å². The number of halogens is 4. The Morgan fingerprint density at radius 3 is 2.47 bits per heavy atom. The van der Waals surface area contributed by atoms with E-state index < -0.39 is 11.4 Å². The molecule has 2 nitrogen and oxygen atoms in total. The number of hydrogen-bond acceptors (Lipinski definition) is 2. The molecule has 0 radical (unpaired) electrons. The average molecular weight is 300 g/mol. The van der Waals surface area contributed by atoms with Crippen molar-refractivity contribution in [3.05, 3.63) is 28.2 Å². The normalized spacial score (nSPS) is 11.5. The van der Waals surface area contributed by atoms with Gasteiger partial charge in [0.05, 0.1) is 5.56 Å². The minimum atomic E-state index is -4.44. The van der Waals surface area contributed by atoms with Gasteiger partial charge in [-0.3, -0.25) is 4.79 Å². The second kappa shape index (κ2) is 4.44.